The summed E-state index contributed by atoms with van der Waals surface area (Å²) in [6.45, 7) is 1.85. The highest BCUT2D eigenvalue weighted by molar-refractivity contribution is 5.46. The van der Waals surface area contributed by atoms with E-state index >= 15 is 0 Å². The van der Waals surface area contributed by atoms with Gasteiger partial charge in [0.1, 0.15) is 0 Å². The molecule has 1 N–H and O–H groups in total. The summed E-state index contributed by atoms with van der Waals surface area (Å²) >= 11 is 0. The lowest BCUT2D eigenvalue weighted by Crippen LogP contribution is -2.44. The lowest BCUT2D eigenvalue weighted by Gasteiger charge is -2.39. The molecular weight excluding hydrogens is 222 g/mol. The van der Waals surface area contributed by atoms with Crippen molar-refractivity contribution < 1.29 is 5.11 Å². The lowest BCUT2D eigenvalue weighted by molar-refractivity contribution is 0.00662. The molecule has 0 bridgehead atoms. The number of terminal acetylenes is 1. The van der Waals surface area contributed by atoms with Crippen molar-refractivity contribution in [2.75, 3.05) is 18.0 Å². The van der Waals surface area contributed by atoms with Crippen molar-refractivity contribution in [3.05, 3.63) is 30.3 Å². The smallest absolute Gasteiger partial charge is 0.0681 e. The van der Waals surface area contributed by atoms with Crippen LogP contribution in [0.5, 0.6) is 0 Å². The molecule has 1 heterocycles. The first kappa shape index (κ1) is 13.0. The molecule has 1 aromatic carbocycles. The Morgan fingerprint density at radius 3 is 2.50 bits per heavy atom. The second kappa shape index (κ2) is 5.93. The molecule has 1 fully saturated rings. The number of anilines is 1. The van der Waals surface area contributed by atoms with Gasteiger partial charge in [-0.15, -0.1) is 12.3 Å². The van der Waals surface area contributed by atoms with Crippen LogP contribution in [-0.2, 0) is 0 Å². The van der Waals surface area contributed by atoms with Crippen molar-refractivity contribution in [1.82, 2.24) is 0 Å². The predicted octanol–water partition coefficient (Wildman–Crippen LogP) is 2.82. The van der Waals surface area contributed by atoms with Crippen molar-refractivity contribution in [2.24, 2.45) is 0 Å². The minimum atomic E-state index is -0.498. The first-order valence-electron chi connectivity index (χ1n) is 6.69. The fourth-order valence-electron chi connectivity index (χ4n) is 2.59. The third-order valence-electron chi connectivity index (χ3n) is 3.78. The molecule has 1 saturated heterocycles. The molecule has 1 aliphatic heterocycles. The van der Waals surface area contributed by atoms with Gasteiger partial charge in [0, 0.05) is 25.2 Å². The highest BCUT2D eigenvalue weighted by Gasteiger charge is 2.31. The Morgan fingerprint density at radius 1 is 1.22 bits per heavy atom. The zero-order valence-corrected chi connectivity index (χ0v) is 10.8. The maximum atomic E-state index is 10.5. The van der Waals surface area contributed by atoms with Gasteiger partial charge in [0.15, 0.2) is 0 Å². The number of piperidine rings is 1. The van der Waals surface area contributed by atoms with Crippen LogP contribution in [0.3, 0.4) is 0 Å². The van der Waals surface area contributed by atoms with E-state index in [1.54, 1.807) is 0 Å². The van der Waals surface area contributed by atoms with E-state index in [4.69, 9.17) is 6.42 Å². The van der Waals surface area contributed by atoms with E-state index < -0.39 is 5.60 Å². The third-order valence-corrected chi connectivity index (χ3v) is 3.78. The maximum absolute atomic E-state index is 10.5. The second-order valence-electron chi connectivity index (χ2n) is 5.10. The van der Waals surface area contributed by atoms with E-state index in [1.165, 1.54) is 5.69 Å². The highest BCUT2D eigenvalue weighted by atomic mass is 16.3. The fraction of sp³-hybridized carbons (Fsp3) is 0.500. The summed E-state index contributed by atoms with van der Waals surface area (Å²) in [5.74, 6) is 2.64. The zero-order chi connectivity index (χ0) is 12.8. The Morgan fingerprint density at radius 2 is 1.89 bits per heavy atom. The minimum Gasteiger partial charge on any atom is -0.390 e. The molecule has 96 valence electrons. The zero-order valence-electron chi connectivity index (χ0n) is 10.8. The van der Waals surface area contributed by atoms with Crippen molar-refractivity contribution in [3.8, 4) is 12.3 Å². The molecule has 0 saturated carbocycles. The fourth-order valence-corrected chi connectivity index (χ4v) is 2.59. The van der Waals surface area contributed by atoms with Gasteiger partial charge in [-0.05, 0) is 37.8 Å². The number of para-hydroxylation sites is 1. The van der Waals surface area contributed by atoms with E-state index in [0.29, 0.717) is 0 Å². The summed E-state index contributed by atoms with van der Waals surface area (Å²) < 4.78 is 0. The number of rotatable bonds is 4. The van der Waals surface area contributed by atoms with Crippen LogP contribution in [-0.4, -0.2) is 23.8 Å². The molecule has 1 aliphatic rings. The first-order chi connectivity index (χ1) is 8.73. The molecule has 0 radical (unpaired) electrons. The Labute approximate surface area is 110 Å². The van der Waals surface area contributed by atoms with Crippen LogP contribution in [0.25, 0.3) is 0 Å². The second-order valence-corrected chi connectivity index (χ2v) is 5.10. The average molecular weight is 243 g/mol. The monoisotopic (exact) mass is 243 g/mol. The summed E-state index contributed by atoms with van der Waals surface area (Å²) in [5, 5.41) is 10.5. The predicted molar refractivity (Wildman–Crippen MR) is 75.5 cm³/mol. The summed E-state index contributed by atoms with van der Waals surface area (Å²) in [5.41, 5.74) is 0.755. The normalized spacial score (nSPS) is 18.3. The van der Waals surface area contributed by atoms with Crippen LogP contribution in [0.1, 0.15) is 32.1 Å². The molecule has 2 rings (SSSR count). The number of hydrogen-bond acceptors (Lipinski definition) is 2. The topological polar surface area (TPSA) is 23.5 Å². The molecule has 0 aromatic heterocycles. The molecule has 2 nitrogen and oxygen atoms in total. The standard InChI is InChI=1S/C16H21NO/c1-2-3-7-10-16(18)11-13-17(14-12-16)15-8-5-4-6-9-15/h1,4-6,8-9,18H,3,7,10-14H2. The first-order valence-corrected chi connectivity index (χ1v) is 6.69. The van der Waals surface area contributed by atoms with Gasteiger partial charge in [-0.25, -0.2) is 0 Å². The Hall–Kier alpha value is -1.46. The summed E-state index contributed by atoms with van der Waals surface area (Å²) in [6, 6.07) is 10.4. The van der Waals surface area contributed by atoms with E-state index in [1.807, 2.05) is 6.07 Å². The van der Waals surface area contributed by atoms with Crippen molar-refractivity contribution in [2.45, 2.75) is 37.7 Å². The highest BCUT2D eigenvalue weighted by Crippen LogP contribution is 2.29. The van der Waals surface area contributed by atoms with Gasteiger partial charge in [-0.1, -0.05) is 18.2 Å². The Kier molecular flexibility index (Phi) is 4.28. The van der Waals surface area contributed by atoms with Gasteiger partial charge in [-0.2, -0.15) is 0 Å². The van der Waals surface area contributed by atoms with E-state index in [0.717, 1.165) is 45.2 Å². The van der Waals surface area contributed by atoms with Crippen molar-refractivity contribution in [3.63, 3.8) is 0 Å². The quantitative estimate of drug-likeness (QED) is 0.649. The maximum Gasteiger partial charge on any atom is 0.0681 e. The minimum absolute atomic E-state index is 0.498. The van der Waals surface area contributed by atoms with E-state index in [2.05, 4.69) is 35.1 Å². The molecular formula is C16H21NO. The molecule has 2 heteroatoms. The van der Waals surface area contributed by atoms with Gasteiger partial charge in [0.25, 0.3) is 0 Å². The van der Waals surface area contributed by atoms with Crippen LogP contribution < -0.4 is 4.90 Å². The lowest BCUT2D eigenvalue weighted by atomic mass is 9.86. The number of aliphatic hydroxyl groups is 1. The van der Waals surface area contributed by atoms with Crippen LogP contribution in [0.2, 0.25) is 0 Å². The summed E-state index contributed by atoms with van der Waals surface area (Å²) in [4.78, 5) is 2.34. The molecule has 0 amide bonds. The van der Waals surface area contributed by atoms with Gasteiger partial charge >= 0.3 is 0 Å². The van der Waals surface area contributed by atoms with Crippen LogP contribution in [0, 0.1) is 12.3 Å². The van der Waals surface area contributed by atoms with E-state index in [-0.39, 0.29) is 0 Å². The number of unbranched alkanes of at least 4 members (excludes halogenated alkanes) is 1. The number of benzene rings is 1. The molecule has 1 aromatic rings. The Bertz CT molecular complexity index is 399. The summed E-state index contributed by atoms with van der Waals surface area (Å²) in [6.07, 6.45) is 9.46. The average Bonchev–Trinajstić information content (AvgIpc) is 2.41. The number of nitrogens with zero attached hydrogens (tertiary/aromatic N) is 1. The third kappa shape index (κ3) is 3.27. The molecule has 0 unspecified atom stereocenters. The largest absolute Gasteiger partial charge is 0.390 e. The van der Waals surface area contributed by atoms with Crippen LogP contribution in [0.4, 0.5) is 5.69 Å². The van der Waals surface area contributed by atoms with Gasteiger partial charge in [0.05, 0.1) is 5.60 Å². The molecule has 0 spiro atoms. The van der Waals surface area contributed by atoms with Gasteiger partial charge in [-0.3, -0.25) is 0 Å². The summed E-state index contributed by atoms with van der Waals surface area (Å²) in [7, 11) is 0. The number of hydrogen-bond donors (Lipinski definition) is 1. The Balaban J connectivity index is 1.86. The van der Waals surface area contributed by atoms with E-state index in [9.17, 15) is 5.11 Å². The molecule has 18 heavy (non-hydrogen) atoms. The van der Waals surface area contributed by atoms with Crippen molar-refractivity contribution in [1.29, 1.82) is 0 Å². The SMILES string of the molecule is C#CCCCC1(O)CCN(c2ccccc2)CC1. The van der Waals surface area contributed by atoms with Crippen LogP contribution >= 0.6 is 0 Å². The molecule has 0 atom stereocenters. The van der Waals surface area contributed by atoms with Crippen molar-refractivity contribution >= 4 is 5.69 Å². The molecule has 0 aliphatic carbocycles. The van der Waals surface area contributed by atoms with Crippen LogP contribution in [0.15, 0.2) is 30.3 Å². The van der Waals surface area contributed by atoms with Gasteiger partial charge < -0.3 is 10.0 Å². The van der Waals surface area contributed by atoms with Gasteiger partial charge in [0.2, 0.25) is 0 Å².